The van der Waals surface area contributed by atoms with Crippen molar-refractivity contribution in [3.63, 3.8) is 0 Å². The van der Waals surface area contributed by atoms with E-state index in [9.17, 15) is 9.59 Å². The lowest BCUT2D eigenvalue weighted by Gasteiger charge is -2.45. The van der Waals surface area contributed by atoms with Gasteiger partial charge in [0, 0.05) is 35.1 Å². The number of para-hydroxylation sites is 1. The topological polar surface area (TPSA) is 77.2 Å². The van der Waals surface area contributed by atoms with Crippen LogP contribution in [0.5, 0.6) is 0 Å². The minimum absolute atomic E-state index is 0. The Morgan fingerprint density at radius 1 is 1.00 bits per heavy atom. The molecule has 0 unspecified atom stereocenters. The maximum Gasteiger partial charge on any atom is 0.239 e. The van der Waals surface area contributed by atoms with Gasteiger partial charge in [0.05, 0.1) is 6.54 Å². The van der Waals surface area contributed by atoms with Gasteiger partial charge in [-0.2, -0.15) is 0 Å². The molecule has 3 N–H and O–H groups in total. The Morgan fingerprint density at radius 3 is 2.38 bits per heavy atom. The van der Waals surface area contributed by atoms with Gasteiger partial charge in [0.2, 0.25) is 11.8 Å². The second-order valence-electron chi connectivity index (χ2n) is 9.27. The molecule has 1 aliphatic rings. The average molecular weight is 483 g/mol. The lowest BCUT2D eigenvalue weighted by Crippen LogP contribution is -2.50. The summed E-state index contributed by atoms with van der Waals surface area (Å²) in [6.07, 6.45) is 6.79. The van der Waals surface area contributed by atoms with Crippen LogP contribution in [0.1, 0.15) is 43.2 Å². The smallest absolute Gasteiger partial charge is 0.239 e. The van der Waals surface area contributed by atoms with E-state index in [0.29, 0.717) is 12.8 Å². The van der Waals surface area contributed by atoms with Gasteiger partial charge in [-0.1, -0.05) is 48.5 Å². The standard InChI is InChI=1S/C27H34N4O2.ClH/c1-31(2)27(21-8-4-3-5-9-21)16-14-22(15-17-27)30-26(33)19-29-25(32)13-12-20-18-28-24-11-7-6-10-23(20)24;/h3-11,18,22,28H,12-17,19H2,1-2H3,(H,29,32)(H,30,33);1H. The number of carbonyl (C=O) groups excluding carboxylic acids is 2. The van der Waals surface area contributed by atoms with Gasteiger partial charge in [0.1, 0.15) is 0 Å². The molecule has 4 rings (SSSR count). The number of nitrogens with zero attached hydrogens (tertiary/aromatic N) is 1. The number of halogens is 1. The highest BCUT2D eigenvalue weighted by Crippen LogP contribution is 2.40. The fourth-order valence-corrected chi connectivity index (χ4v) is 5.11. The van der Waals surface area contributed by atoms with Crippen molar-refractivity contribution >= 4 is 35.1 Å². The molecule has 0 bridgehead atoms. The van der Waals surface area contributed by atoms with Crippen molar-refractivity contribution in [3.8, 4) is 0 Å². The number of benzene rings is 2. The summed E-state index contributed by atoms with van der Waals surface area (Å²) in [5.74, 6) is -0.215. The molecule has 1 fully saturated rings. The fourth-order valence-electron chi connectivity index (χ4n) is 5.11. The van der Waals surface area contributed by atoms with Crippen molar-refractivity contribution in [2.45, 2.75) is 50.1 Å². The van der Waals surface area contributed by atoms with Gasteiger partial charge in [-0.05, 0) is 63.4 Å². The van der Waals surface area contributed by atoms with E-state index in [0.717, 1.165) is 42.1 Å². The summed E-state index contributed by atoms with van der Waals surface area (Å²) in [4.78, 5) is 30.3. The summed E-state index contributed by atoms with van der Waals surface area (Å²) in [5, 5.41) is 7.04. The highest BCUT2D eigenvalue weighted by molar-refractivity contribution is 5.86. The molecular formula is C27H35ClN4O2. The Hall–Kier alpha value is -2.83. The molecule has 34 heavy (non-hydrogen) atoms. The Labute approximate surface area is 207 Å². The molecule has 0 radical (unpaired) electrons. The van der Waals surface area contributed by atoms with Gasteiger partial charge in [-0.25, -0.2) is 0 Å². The number of amides is 2. The molecule has 2 amide bonds. The summed E-state index contributed by atoms with van der Waals surface area (Å²) < 4.78 is 0. The molecule has 0 spiro atoms. The zero-order chi connectivity index (χ0) is 23.3. The van der Waals surface area contributed by atoms with E-state index in [-0.39, 0.29) is 42.3 Å². The van der Waals surface area contributed by atoms with Gasteiger partial charge >= 0.3 is 0 Å². The van der Waals surface area contributed by atoms with Crippen molar-refractivity contribution in [2.75, 3.05) is 20.6 Å². The average Bonchev–Trinajstić information content (AvgIpc) is 3.25. The molecule has 3 aromatic rings. The number of carbonyl (C=O) groups is 2. The normalized spacial score (nSPS) is 20.0. The maximum atomic E-state index is 12.4. The molecule has 1 heterocycles. The quantitative estimate of drug-likeness (QED) is 0.451. The van der Waals surface area contributed by atoms with Crippen molar-refractivity contribution < 1.29 is 9.59 Å². The molecule has 1 saturated carbocycles. The van der Waals surface area contributed by atoms with Crippen LogP contribution in [0, 0.1) is 0 Å². The predicted molar refractivity (Wildman–Crippen MR) is 139 cm³/mol. The zero-order valence-corrected chi connectivity index (χ0v) is 20.8. The van der Waals surface area contributed by atoms with Crippen molar-refractivity contribution in [1.29, 1.82) is 0 Å². The van der Waals surface area contributed by atoms with E-state index in [2.05, 4.69) is 64.9 Å². The van der Waals surface area contributed by atoms with Crippen molar-refractivity contribution in [2.24, 2.45) is 0 Å². The van der Waals surface area contributed by atoms with Crippen LogP contribution >= 0.6 is 12.4 Å². The number of hydrogen-bond donors (Lipinski definition) is 3. The van der Waals surface area contributed by atoms with E-state index in [1.54, 1.807) is 0 Å². The van der Waals surface area contributed by atoms with Gasteiger partial charge in [0.25, 0.3) is 0 Å². The summed E-state index contributed by atoms with van der Waals surface area (Å²) in [6.45, 7) is 0.0285. The first-order valence-corrected chi connectivity index (χ1v) is 11.8. The third kappa shape index (κ3) is 5.80. The molecule has 1 aromatic heterocycles. The highest BCUT2D eigenvalue weighted by Gasteiger charge is 2.38. The monoisotopic (exact) mass is 482 g/mol. The summed E-state index contributed by atoms with van der Waals surface area (Å²) in [5.41, 5.74) is 3.54. The lowest BCUT2D eigenvalue weighted by atomic mass is 9.74. The summed E-state index contributed by atoms with van der Waals surface area (Å²) in [7, 11) is 4.27. The first-order chi connectivity index (χ1) is 16.0. The SMILES string of the molecule is CN(C)C1(c2ccccc2)CCC(NC(=O)CNC(=O)CCc2c[nH]c3ccccc23)CC1.Cl. The number of rotatable bonds is 8. The Bertz CT molecular complexity index is 1090. The number of hydrogen-bond acceptors (Lipinski definition) is 3. The van der Waals surface area contributed by atoms with Crippen LogP contribution in [-0.4, -0.2) is 48.4 Å². The molecule has 182 valence electrons. The number of aryl methyl sites for hydroxylation is 1. The van der Waals surface area contributed by atoms with E-state index in [4.69, 9.17) is 0 Å². The summed E-state index contributed by atoms with van der Waals surface area (Å²) in [6, 6.07) is 18.8. The van der Waals surface area contributed by atoms with Crippen LogP contribution in [0.15, 0.2) is 60.8 Å². The maximum absolute atomic E-state index is 12.4. The van der Waals surface area contributed by atoms with Crippen LogP contribution in [0.25, 0.3) is 10.9 Å². The van der Waals surface area contributed by atoms with Crippen molar-refractivity contribution in [3.05, 3.63) is 71.9 Å². The third-order valence-electron chi connectivity index (χ3n) is 7.09. The number of aromatic amines is 1. The van der Waals surface area contributed by atoms with E-state index >= 15 is 0 Å². The molecule has 6 nitrogen and oxygen atoms in total. The largest absolute Gasteiger partial charge is 0.361 e. The van der Waals surface area contributed by atoms with Crippen LogP contribution < -0.4 is 10.6 Å². The van der Waals surface area contributed by atoms with Crippen molar-refractivity contribution in [1.82, 2.24) is 20.5 Å². The van der Waals surface area contributed by atoms with Gasteiger partial charge < -0.3 is 15.6 Å². The Balaban J connectivity index is 0.00000324. The highest BCUT2D eigenvalue weighted by atomic mass is 35.5. The second kappa shape index (κ2) is 11.5. The number of aromatic nitrogens is 1. The van der Waals surface area contributed by atoms with Gasteiger partial charge in [-0.15, -0.1) is 12.4 Å². The van der Waals surface area contributed by atoms with E-state index in [1.165, 1.54) is 5.56 Å². The number of H-pyrrole nitrogens is 1. The van der Waals surface area contributed by atoms with E-state index < -0.39 is 0 Å². The second-order valence-corrected chi connectivity index (χ2v) is 9.27. The minimum Gasteiger partial charge on any atom is -0.361 e. The zero-order valence-electron chi connectivity index (χ0n) is 20.0. The van der Waals surface area contributed by atoms with E-state index in [1.807, 2.05) is 30.5 Å². The molecule has 7 heteroatoms. The molecule has 1 aliphatic carbocycles. The molecule has 0 saturated heterocycles. The first kappa shape index (κ1) is 25.8. The van der Waals surface area contributed by atoms with Crippen LogP contribution in [0.4, 0.5) is 0 Å². The fraction of sp³-hybridized carbons (Fsp3) is 0.407. The lowest BCUT2D eigenvalue weighted by molar-refractivity contribution is -0.126. The summed E-state index contributed by atoms with van der Waals surface area (Å²) >= 11 is 0. The first-order valence-electron chi connectivity index (χ1n) is 11.8. The Morgan fingerprint density at radius 2 is 1.68 bits per heavy atom. The van der Waals surface area contributed by atoms with Gasteiger partial charge in [0.15, 0.2) is 0 Å². The van der Waals surface area contributed by atoms with Crippen LogP contribution in [-0.2, 0) is 21.5 Å². The predicted octanol–water partition coefficient (Wildman–Crippen LogP) is 4.15. The molecular weight excluding hydrogens is 448 g/mol. The van der Waals surface area contributed by atoms with Gasteiger partial charge in [-0.3, -0.25) is 14.5 Å². The Kier molecular flexibility index (Phi) is 8.75. The number of fused-ring (bicyclic) bond motifs is 1. The molecule has 0 atom stereocenters. The molecule has 2 aromatic carbocycles. The number of nitrogens with one attached hydrogen (secondary N) is 3. The van der Waals surface area contributed by atoms with Crippen LogP contribution in [0.2, 0.25) is 0 Å². The third-order valence-corrected chi connectivity index (χ3v) is 7.09. The van der Waals surface area contributed by atoms with Crippen LogP contribution in [0.3, 0.4) is 0 Å². The minimum atomic E-state index is -0.113. The molecule has 0 aliphatic heterocycles.